The number of allylic oxidation sites excluding steroid dienone is 1. The Bertz CT molecular complexity index is 68.5. The summed E-state index contributed by atoms with van der Waals surface area (Å²) >= 11 is 1.65. The summed E-state index contributed by atoms with van der Waals surface area (Å²) in [6.07, 6.45) is 2.96. The Morgan fingerprint density at radius 1 is 1.86 bits per heavy atom. The number of hydrogen-bond donors (Lipinski definition) is 1. The van der Waals surface area contributed by atoms with Crippen LogP contribution < -0.4 is 5.73 Å². The van der Waals surface area contributed by atoms with E-state index in [0.717, 1.165) is 12.1 Å². The maximum absolute atomic E-state index is 5.42. The second-order valence-electron chi connectivity index (χ2n) is 1.28. The highest BCUT2D eigenvalue weighted by atomic mass is 32.2. The Labute approximate surface area is 49.0 Å². The molecule has 0 amide bonds. The summed E-state index contributed by atoms with van der Waals surface area (Å²) in [6, 6.07) is 0. The number of hydrogen-bond acceptors (Lipinski definition) is 2. The normalized spacial score (nSPS) is 12.0. The first-order valence-corrected chi connectivity index (χ1v) is 3.57. The van der Waals surface area contributed by atoms with Gasteiger partial charge in [-0.3, -0.25) is 0 Å². The standard InChI is InChI=1S/C5H11NS/c1-3-5(6)4-7-2/h4H,3,6H2,1-2H3/b5-4-. The van der Waals surface area contributed by atoms with Crippen LogP contribution in [0.2, 0.25) is 0 Å². The summed E-state index contributed by atoms with van der Waals surface area (Å²) in [7, 11) is 0. The third kappa shape index (κ3) is 3.73. The van der Waals surface area contributed by atoms with Crippen molar-refractivity contribution in [3.63, 3.8) is 0 Å². The van der Waals surface area contributed by atoms with Crippen molar-refractivity contribution in [2.75, 3.05) is 6.26 Å². The fourth-order valence-corrected chi connectivity index (χ4v) is 0.704. The topological polar surface area (TPSA) is 26.0 Å². The molecule has 0 unspecified atom stereocenters. The van der Waals surface area contributed by atoms with Crippen molar-refractivity contribution in [2.45, 2.75) is 13.3 Å². The van der Waals surface area contributed by atoms with Crippen molar-refractivity contribution >= 4 is 11.8 Å². The van der Waals surface area contributed by atoms with Crippen molar-refractivity contribution in [3.05, 3.63) is 11.1 Å². The van der Waals surface area contributed by atoms with Crippen LogP contribution in [-0.4, -0.2) is 6.26 Å². The first kappa shape index (κ1) is 6.89. The number of rotatable bonds is 2. The van der Waals surface area contributed by atoms with Gasteiger partial charge in [0.1, 0.15) is 0 Å². The van der Waals surface area contributed by atoms with E-state index in [1.54, 1.807) is 11.8 Å². The lowest BCUT2D eigenvalue weighted by Gasteiger charge is -1.89. The van der Waals surface area contributed by atoms with E-state index in [1.807, 2.05) is 18.6 Å². The van der Waals surface area contributed by atoms with E-state index < -0.39 is 0 Å². The zero-order valence-electron chi connectivity index (χ0n) is 4.77. The lowest BCUT2D eigenvalue weighted by atomic mass is 10.4. The van der Waals surface area contributed by atoms with Gasteiger partial charge in [-0.15, -0.1) is 11.8 Å². The molecule has 0 rings (SSSR count). The van der Waals surface area contributed by atoms with Crippen molar-refractivity contribution in [1.82, 2.24) is 0 Å². The van der Waals surface area contributed by atoms with E-state index in [-0.39, 0.29) is 0 Å². The van der Waals surface area contributed by atoms with Gasteiger partial charge < -0.3 is 5.73 Å². The molecule has 0 saturated carbocycles. The van der Waals surface area contributed by atoms with E-state index in [2.05, 4.69) is 0 Å². The summed E-state index contributed by atoms with van der Waals surface area (Å²) in [5, 5.41) is 1.96. The van der Waals surface area contributed by atoms with Gasteiger partial charge >= 0.3 is 0 Å². The second kappa shape index (κ2) is 4.06. The summed E-state index contributed by atoms with van der Waals surface area (Å²) in [5.41, 5.74) is 6.39. The molecule has 0 aliphatic heterocycles. The van der Waals surface area contributed by atoms with Gasteiger partial charge in [0, 0.05) is 5.70 Å². The number of nitrogens with two attached hydrogens (primary N) is 1. The van der Waals surface area contributed by atoms with Gasteiger partial charge in [0.2, 0.25) is 0 Å². The third-order valence-corrected chi connectivity index (χ3v) is 1.22. The molecule has 0 heterocycles. The molecule has 0 spiro atoms. The zero-order valence-corrected chi connectivity index (χ0v) is 5.59. The van der Waals surface area contributed by atoms with E-state index >= 15 is 0 Å². The Morgan fingerprint density at radius 2 is 2.43 bits per heavy atom. The Morgan fingerprint density at radius 3 is 2.57 bits per heavy atom. The molecular formula is C5H11NS. The molecule has 0 fully saturated rings. The fraction of sp³-hybridized carbons (Fsp3) is 0.600. The van der Waals surface area contributed by atoms with Crippen molar-refractivity contribution in [1.29, 1.82) is 0 Å². The van der Waals surface area contributed by atoms with Crippen LogP contribution >= 0.6 is 11.8 Å². The van der Waals surface area contributed by atoms with Crippen molar-refractivity contribution in [3.8, 4) is 0 Å². The maximum atomic E-state index is 5.42. The highest BCUT2D eigenvalue weighted by molar-refractivity contribution is 8.01. The van der Waals surface area contributed by atoms with Crippen LogP contribution in [0.4, 0.5) is 0 Å². The minimum Gasteiger partial charge on any atom is -0.402 e. The molecule has 42 valence electrons. The molecule has 7 heavy (non-hydrogen) atoms. The first-order valence-electron chi connectivity index (χ1n) is 2.28. The quantitative estimate of drug-likeness (QED) is 0.594. The molecule has 0 aliphatic carbocycles. The van der Waals surface area contributed by atoms with E-state index in [4.69, 9.17) is 5.73 Å². The highest BCUT2D eigenvalue weighted by Crippen LogP contribution is 1.99. The molecule has 0 aliphatic rings. The molecule has 0 aromatic rings. The summed E-state index contributed by atoms with van der Waals surface area (Å²) in [4.78, 5) is 0. The SMILES string of the molecule is CC/C(N)=C/SC. The van der Waals surface area contributed by atoms with Crippen LogP contribution in [0.25, 0.3) is 0 Å². The van der Waals surface area contributed by atoms with Gasteiger partial charge in [-0.1, -0.05) is 6.92 Å². The van der Waals surface area contributed by atoms with Gasteiger partial charge in [-0.25, -0.2) is 0 Å². The second-order valence-corrected chi connectivity index (χ2v) is 1.99. The van der Waals surface area contributed by atoms with Crippen LogP contribution in [0.15, 0.2) is 11.1 Å². The van der Waals surface area contributed by atoms with Gasteiger partial charge in [-0.2, -0.15) is 0 Å². The minimum absolute atomic E-state index is 0.959. The predicted octanol–water partition coefficient (Wildman–Crippen LogP) is 1.56. The molecule has 0 radical (unpaired) electrons. The molecule has 0 saturated heterocycles. The molecule has 0 bridgehead atoms. The maximum Gasteiger partial charge on any atom is 0.0141 e. The average Bonchev–Trinajstić information content (AvgIpc) is 1.68. The van der Waals surface area contributed by atoms with Crippen LogP contribution in [-0.2, 0) is 0 Å². The van der Waals surface area contributed by atoms with Gasteiger partial charge in [0.05, 0.1) is 0 Å². The zero-order chi connectivity index (χ0) is 5.70. The van der Waals surface area contributed by atoms with Gasteiger partial charge in [-0.05, 0) is 18.1 Å². The predicted molar refractivity (Wildman–Crippen MR) is 36.1 cm³/mol. The average molecular weight is 117 g/mol. The van der Waals surface area contributed by atoms with Gasteiger partial charge in [0.15, 0.2) is 0 Å². The monoisotopic (exact) mass is 117 g/mol. The minimum atomic E-state index is 0.959. The molecule has 0 aromatic carbocycles. The first-order chi connectivity index (χ1) is 3.31. The van der Waals surface area contributed by atoms with Crippen molar-refractivity contribution < 1.29 is 0 Å². The fourth-order valence-electron chi connectivity index (χ4n) is 0.235. The number of thioether (sulfide) groups is 1. The smallest absolute Gasteiger partial charge is 0.0141 e. The summed E-state index contributed by atoms with van der Waals surface area (Å²) in [6.45, 7) is 2.04. The van der Waals surface area contributed by atoms with Crippen LogP contribution in [0.1, 0.15) is 13.3 Å². The molecule has 0 aromatic heterocycles. The largest absolute Gasteiger partial charge is 0.402 e. The molecule has 0 atom stereocenters. The van der Waals surface area contributed by atoms with E-state index in [0.29, 0.717) is 0 Å². The van der Waals surface area contributed by atoms with Crippen LogP contribution in [0.5, 0.6) is 0 Å². The lowest BCUT2D eigenvalue weighted by molar-refractivity contribution is 1.08. The Balaban J connectivity index is 3.29. The molecular weight excluding hydrogens is 106 g/mol. The Kier molecular flexibility index (Phi) is 4.00. The van der Waals surface area contributed by atoms with E-state index in [1.165, 1.54) is 0 Å². The van der Waals surface area contributed by atoms with Gasteiger partial charge in [0.25, 0.3) is 0 Å². The highest BCUT2D eigenvalue weighted by Gasteiger charge is 1.77. The molecule has 2 N–H and O–H groups in total. The lowest BCUT2D eigenvalue weighted by Crippen LogP contribution is -1.91. The Hall–Kier alpha value is -0.110. The van der Waals surface area contributed by atoms with Crippen molar-refractivity contribution in [2.24, 2.45) is 5.73 Å². The molecule has 2 heteroatoms. The van der Waals surface area contributed by atoms with Crippen LogP contribution in [0.3, 0.4) is 0 Å². The summed E-state index contributed by atoms with van der Waals surface area (Å²) in [5.74, 6) is 0. The third-order valence-electron chi connectivity index (χ3n) is 0.677. The van der Waals surface area contributed by atoms with Crippen LogP contribution in [0, 0.1) is 0 Å². The molecule has 1 nitrogen and oxygen atoms in total. The van der Waals surface area contributed by atoms with E-state index in [9.17, 15) is 0 Å². The summed E-state index contributed by atoms with van der Waals surface area (Å²) < 4.78 is 0.